The molecule has 4 aliphatic heterocycles. The quantitative estimate of drug-likeness (QED) is 0.174. The monoisotopic (exact) mass is 906 g/mol. The lowest BCUT2D eigenvalue weighted by molar-refractivity contribution is 0.615. The van der Waals surface area contributed by atoms with Gasteiger partial charge in [-0.3, -0.25) is 0 Å². The zero-order valence-electron chi connectivity index (χ0n) is 41.4. The lowest BCUT2D eigenvalue weighted by atomic mass is 9.68. The highest BCUT2D eigenvalue weighted by molar-refractivity contribution is 5.96. The van der Waals surface area contributed by atoms with Gasteiger partial charge in [-0.15, -0.1) is 0 Å². The Bertz CT molecular complexity index is 3350. The molecule has 9 aromatic rings. The lowest BCUT2D eigenvalue weighted by Crippen LogP contribution is -2.35. The van der Waals surface area contributed by atoms with Gasteiger partial charge in [0.1, 0.15) is 0 Å². The molecule has 0 amide bonds. The highest BCUT2D eigenvalue weighted by Gasteiger charge is 2.45. The van der Waals surface area contributed by atoms with Gasteiger partial charge < -0.3 is 19.6 Å². The maximum absolute atomic E-state index is 2.55. The minimum absolute atomic E-state index is 0.265. The molecule has 0 unspecified atom stereocenters. The van der Waals surface area contributed by atoms with Crippen molar-refractivity contribution >= 4 is 68.2 Å². The molecule has 0 saturated carbocycles. The third-order valence-electron chi connectivity index (χ3n) is 16.5. The summed E-state index contributed by atoms with van der Waals surface area (Å²) in [6.07, 6.45) is 0. The molecule has 0 aromatic heterocycles. The molecule has 9 aromatic carbocycles. The number of nitrogens with zero attached hydrogens (tertiary/aromatic N) is 4. The van der Waals surface area contributed by atoms with E-state index in [1.54, 1.807) is 0 Å². The van der Waals surface area contributed by atoms with Crippen LogP contribution in [0.2, 0.25) is 0 Å². The summed E-state index contributed by atoms with van der Waals surface area (Å²) in [6, 6.07) is 77.3. The van der Waals surface area contributed by atoms with E-state index in [1.165, 1.54) is 90.0 Å². The highest BCUT2D eigenvalue weighted by atomic mass is 15.2. The molecule has 4 aliphatic rings. The molecule has 70 heavy (non-hydrogen) atoms. The van der Waals surface area contributed by atoms with E-state index in [0.717, 1.165) is 22.7 Å². The normalized spacial score (nSPS) is 16.9. The standard InChI is InChI=1S/C66H58N4/c1-63(2)47-30-15-19-34-55(47)67(43-24-11-9-12-25-43)59-39-53-61(41-51(59)63)69(57-36-21-17-32-49(57)65(53,5)6)45-28-23-29-46(38-45)70-58-37-22-18-33-50(58)66(7,8)54-40-60-52(42-62(54)70)64(3,4)48-31-16-20-35-56(48)68(60)44-26-13-10-14-27-44/h9-42H,1-8H3. The molecular formula is C66H58N4. The van der Waals surface area contributed by atoms with E-state index in [9.17, 15) is 0 Å². The zero-order valence-corrected chi connectivity index (χ0v) is 41.4. The second kappa shape index (κ2) is 14.8. The largest absolute Gasteiger partial charge is 0.310 e. The van der Waals surface area contributed by atoms with Gasteiger partial charge >= 0.3 is 0 Å². The summed E-state index contributed by atoms with van der Waals surface area (Å²) >= 11 is 0. The van der Waals surface area contributed by atoms with E-state index in [2.05, 4.69) is 281 Å². The molecule has 0 spiro atoms. The summed E-state index contributed by atoms with van der Waals surface area (Å²) in [4.78, 5) is 10.1. The molecule has 0 saturated heterocycles. The molecule has 0 N–H and O–H groups in total. The number of anilines is 12. The molecule has 0 radical (unpaired) electrons. The number of hydrogen-bond donors (Lipinski definition) is 0. The van der Waals surface area contributed by atoms with E-state index in [-0.39, 0.29) is 21.7 Å². The van der Waals surface area contributed by atoms with Crippen LogP contribution in [0.1, 0.15) is 99.9 Å². The molecule has 4 nitrogen and oxygen atoms in total. The van der Waals surface area contributed by atoms with Gasteiger partial charge in [-0.2, -0.15) is 0 Å². The summed E-state index contributed by atoms with van der Waals surface area (Å²) in [5.74, 6) is 0. The Kier molecular flexibility index (Phi) is 8.97. The number of fused-ring (bicyclic) bond motifs is 8. The van der Waals surface area contributed by atoms with Gasteiger partial charge in [0.15, 0.2) is 0 Å². The van der Waals surface area contributed by atoms with Gasteiger partial charge in [-0.1, -0.05) is 171 Å². The van der Waals surface area contributed by atoms with Crippen LogP contribution in [-0.4, -0.2) is 0 Å². The van der Waals surface area contributed by atoms with Crippen LogP contribution >= 0.6 is 0 Å². The number of benzene rings is 9. The van der Waals surface area contributed by atoms with Gasteiger partial charge in [0.2, 0.25) is 0 Å². The molecular weight excluding hydrogens is 849 g/mol. The first kappa shape index (κ1) is 42.3. The first-order valence-corrected chi connectivity index (χ1v) is 24.9. The number of para-hydroxylation sites is 6. The Morgan fingerprint density at radius 1 is 0.200 bits per heavy atom. The van der Waals surface area contributed by atoms with E-state index in [1.807, 2.05) is 0 Å². The fraction of sp³-hybridized carbons (Fsp3) is 0.182. The molecule has 0 aliphatic carbocycles. The van der Waals surface area contributed by atoms with Crippen molar-refractivity contribution in [1.29, 1.82) is 0 Å². The Hall–Kier alpha value is -7.82. The zero-order chi connectivity index (χ0) is 47.9. The molecule has 13 rings (SSSR count). The maximum atomic E-state index is 2.55. The average Bonchev–Trinajstić information content (AvgIpc) is 3.37. The minimum Gasteiger partial charge on any atom is -0.310 e. The van der Waals surface area contributed by atoms with Crippen molar-refractivity contribution in [1.82, 2.24) is 0 Å². The fourth-order valence-electron chi connectivity index (χ4n) is 12.8. The maximum Gasteiger partial charge on any atom is 0.0507 e. The Balaban J connectivity index is 1.03. The summed E-state index contributed by atoms with van der Waals surface area (Å²) < 4.78 is 0. The second-order valence-corrected chi connectivity index (χ2v) is 21.9. The third-order valence-corrected chi connectivity index (χ3v) is 16.5. The van der Waals surface area contributed by atoms with Crippen molar-refractivity contribution in [3.63, 3.8) is 0 Å². The molecule has 342 valence electrons. The Morgan fingerprint density at radius 3 is 0.714 bits per heavy atom. The SMILES string of the molecule is CC1(C)c2ccccc2N(c2ccccc2)c2cc3c(cc21)N(c1cccc(N2c4ccccc4C(C)(C)c4cc5c(cc42)C(C)(C)c2ccccc2N5c2ccccc2)c1)c1ccccc1C3(C)C. The molecule has 0 atom stereocenters. The van der Waals surface area contributed by atoms with Gasteiger partial charge in [-0.25, -0.2) is 0 Å². The van der Waals surface area contributed by atoms with Crippen LogP contribution in [0.25, 0.3) is 0 Å². The van der Waals surface area contributed by atoms with Crippen molar-refractivity contribution in [3.05, 3.63) is 251 Å². The van der Waals surface area contributed by atoms with Crippen molar-refractivity contribution in [2.45, 2.75) is 77.0 Å². The van der Waals surface area contributed by atoms with E-state index in [4.69, 9.17) is 0 Å². The van der Waals surface area contributed by atoms with Gasteiger partial charge in [0.25, 0.3) is 0 Å². The average molecular weight is 907 g/mol. The van der Waals surface area contributed by atoms with Gasteiger partial charge in [0.05, 0.1) is 45.5 Å². The van der Waals surface area contributed by atoms with E-state index in [0.29, 0.717) is 0 Å². The van der Waals surface area contributed by atoms with Crippen molar-refractivity contribution < 1.29 is 0 Å². The Labute approximate surface area is 413 Å². The first-order chi connectivity index (χ1) is 33.8. The molecule has 0 fully saturated rings. The van der Waals surface area contributed by atoms with Crippen LogP contribution in [0.15, 0.2) is 206 Å². The topological polar surface area (TPSA) is 13.0 Å². The first-order valence-electron chi connectivity index (χ1n) is 24.9. The minimum atomic E-state index is -0.285. The lowest BCUT2D eigenvalue weighted by Gasteiger charge is -2.47. The summed E-state index contributed by atoms with van der Waals surface area (Å²) in [5, 5.41) is 0. The molecule has 4 heterocycles. The van der Waals surface area contributed by atoms with Crippen LogP contribution in [0.4, 0.5) is 68.2 Å². The van der Waals surface area contributed by atoms with Crippen LogP contribution in [0.5, 0.6) is 0 Å². The second-order valence-electron chi connectivity index (χ2n) is 21.9. The van der Waals surface area contributed by atoms with Crippen molar-refractivity contribution in [3.8, 4) is 0 Å². The van der Waals surface area contributed by atoms with E-state index >= 15 is 0 Å². The number of hydrogen-bond acceptors (Lipinski definition) is 4. The summed E-state index contributed by atoms with van der Waals surface area (Å²) in [7, 11) is 0. The summed E-state index contributed by atoms with van der Waals surface area (Å²) in [6.45, 7) is 19.2. The van der Waals surface area contributed by atoms with Crippen LogP contribution in [-0.2, 0) is 21.7 Å². The van der Waals surface area contributed by atoms with Crippen molar-refractivity contribution in [2.75, 3.05) is 19.6 Å². The predicted octanol–water partition coefficient (Wildman–Crippen LogP) is 18.1. The summed E-state index contributed by atoms with van der Waals surface area (Å²) in [5.41, 5.74) is 23.8. The molecule has 0 bridgehead atoms. The highest BCUT2D eigenvalue weighted by Crippen LogP contribution is 2.61. The van der Waals surface area contributed by atoms with Crippen LogP contribution < -0.4 is 19.6 Å². The van der Waals surface area contributed by atoms with Gasteiger partial charge in [-0.05, 0) is 136 Å². The van der Waals surface area contributed by atoms with Gasteiger partial charge in [0, 0.05) is 44.4 Å². The predicted molar refractivity (Wildman–Crippen MR) is 294 cm³/mol. The van der Waals surface area contributed by atoms with Crippen molar-refractivity contribution in [2.24, 2.45) is 0 Å². The Morgan fingerprint density at radius 2 is 0.429 bits per heavy atom. The smallest absolute Gasteiger partial charge is 0.0507 e. The fourth-order valence-corrected chi connectivity index (χ4v) is 12.8. The van der Waals surface area contributed by atoms with E-state index < -0.39 is 0 Å². The third kappa shape index (κ3) is 5.83. The van der Waals surface area contributed by atoms with Crippen LogP contribution in [0, 0.1) is 0 Å². The molecule has 4 heteroatoms. The van der Waals surface area contributed by atoms with Crippen LogP contribution in [0.3, 0.4) is 0 Å². The number of rotatable bonds is 4.